The molecule has 0 bridgehead atoms. The van der Waals surface area contributed by atoms with Gasteiger partial charge in [-0.1, -0.05) is 35.1 Å². The molecule has 3 aromatic rings. The predicted octanol–water partition coefficient (Wildman–Crippen LogP) is 4.31. The van der Waals surface area contributed by atoms with E-state index in [1.54, 1.807) is 47.6 Å². The van der Waals surface area contributed by atoms with Gasteiger partial charge in [0.05, 0.1) is 39.1 Å². The van der Waals surface area contributed by atoms with Crippen LogP contribution in [0.5, 0.6) is 11.5 Å². The van der Waals surface area contributed by atoms with E-state index in [-0.39, 0.29) is 24.7 Å². The first-order valence-corrected chi connectivity index (χ1v) is 15.6. The zero-order valence-electron chi connectivity index (χ0n) is 23.9. The van der Waals surface area contributed by atoms with Crippen LogP contribution in [0.3, 0.4) is 0 Å². The molecule has 0 radical (unpaired) electrons. The molecule has 0 fully saturated rings. The zero-order chi connectivity index (χ0) is 30.6. The fraction of sp³-hybridized carbons (Fsp3) is 0.333. The van der Waals surface area contributed by atoms with E-state index in [1.807, 2.05) is 32.0 Å². The Morgan fingerprint density at radius 1 is 1.17 bits per heavy atom. The van der Waals surface area contributed by atoms with Gasteiger partial charge in [-0.3, -0.25) is 14.2 Å². The summed E-state index contributed by atoms with van der Waals surface area (Å²) in [6.45, 7) is 8.45. The minimum absolute atomic E-state index is 0.159. The van der Waals surface area contributed by atoms with Gasteiger partial charge in [-0.2, -0.15) is 0 Å². The number of hydrogen-bond acceptors (Lipinski definition) is 8. The van der Waals surface area contributed by atoms with Crippen molar-refractivity contribution in [2.45, 2.75) is 33.7 Å². The molecule has 0 unspecified atom stereocenters. The fourth-order valence-corrected chi connectivity index (χ4v) is 6.64. The van der Waals surface area contributed by atoms with Gasteiger partial charge in [0.2, 0.25) is 0 Å². The average Bonchev–Trinajstić information content (AvgIpc) is 3.26. The fourth-order valence-electron chi connectivity index (χ4n) is 4.68. The van der Waals surface area contributed by atoms with Gasteiger partial charge in [-0.25, -0.2) is 9.79 Å². The smallest absolute Gasteiger partial charge is 0.344 e. The largest absolute Gasteiger partial charge is 0.493 e. The van der Waals surface area contributed by atoms with Crippen molar-refractivity contribution in [3.8, 4) is 11.5 Å². The highest BCUT2D eigenvalue weighted by Gasteiger charge is 2.34. The number of esters is 1. The maximum atomic E-state index is 14.0. The Balaban J connectivity index is 1.84. The number of amides is 1. The van der Waals surface area contributed by atoms with Crippen molar-refractivity contribution in [3.63, 3.8) is 0 Å². The van der Waals surface area contributed by atoms with Crippen molar-refractivity contribution in [3.05, 3.63) is 87.1 Å². The normalized spacial score (nSPS) is 14.7. The molecule has 0 N–H and O–H groups in total. The number of ether oxygens (including phenoxy) is 3. The predicted molar refractivity (Wildman–Crippen MR) is 171 cm³/mol. The molecule has 1 aromatic heterocycles. The Hall–Kier alpha value is -3.16. The molecule has 12 heteroatoms. The molecule has 1 amide bonds. The number of carbonyl (C=O) groups is 2. The van der Waals surface area contributed by atoms with E-state index >= 15 is 0 Å². The molecule has 4 rings (SSSR count). The first-order valence-electron chi connectivity index (χ1n) is 13.4. The average molecular weight is 724 g/mol. The maximum absolute atomic E-state index is 14.0. The van der Waals surface area contributed by atoms with Gasteiger partial charge in [-0.15, -0.1) is 0 Å². The van der Waals surface area contributed by atoms with E-state index in [0.717, 1.165) is 5.56 Å². The van der Waals surface area contributed by atoms with Crippen LogP contribution in [-0.4, -0.2) is 54.8 Å². The monoisotopic (exact) mass is 723 g/mol. The quantitative estimate of drug-likeness (QED) is 0.229. The number of rotatable bonds is 10. The summed E-state index contributed by atoms with van der Waals surface area (Å²) in [5, 5.41) is 0.557. The summed E-state index contributed by atoms with van der Waals surface area (Å²) in [5.74, 6) is 0.174. The number of thiazole rings is 1. The third-order valence-electron chi connectivity index (χ3n) is 6.68. The number of fused-ring (bicyclic) bond motifs is 1. The molecule has 2 heterocycles. The first kappa shape index (κ1) is 31.8. The second kappa shape index (κ2) is 13.9. The van der Waals surface area contributed by atoms with Gasteiger partial charge < -0.3 is 19.1 Å². The molecule has 0 aliphatic carbocycles. The summed E-state index contributed by atoms with van der Waals surface area (Å²) in [4.78, 5) is 46.5. The molecule has 1 aliphatic rings. The number of nitrogens with zero attached hydrogens (tertiary/aromatic N) is 3. The van der Waals surface area contributed by atoms with Gasteiger partial charge in [0.25, 0.3) is 11.5 Å². The second-order valence-corrected chi connectivity index (χ2v) is 11.8. The van der Waals surface area contributed by atoms with E-state index in [1.165, 1.54) is 18.4 Å². The highest BCUT2D eigenvalue weighted by Crippen LogP contribution is 2.35. The van der Waals surface area contributed by atoms with Crippen LogP contribution >= 0.6 is 45.5 Å². The molecule has 0 saturated heterocycles. The minimum atomic E-state index is -0.665. The topological polar surface area (TPSA) is 99.4 Å². The molecular formula is C30H31ClIN3O6S. The summed E-state index contributed by atoms with van der Waals surface area (Å²) >= 11 is 9.52. The summed E-state index contributed by atoms with van der Waals surface area (Å²) in [7, 11) is 1.50. The number of allylic oxidation sites excluding steroid dienone is 1. The zero-order valence-corrected chi connectivity index (χ0v) is 27.6. The third-order valence-corrected chi connectivity index (χ3v) is 8.71. The Bertz CT molecular complexity index is 1710. The molecular weight excluding hydrogens is 693 g/mol. The number of hydrogen-bond donors (Lipinski definition) is 0. The SMILES string of the molecule is CCOC(=O)COc1c(I)cc(/C=c2/sc3n(c2=O)[C@H](c2ccc(Cl)cc2)C(C(=O)N(CC)CC)=C(C)N=3)cc1OC. The Morgan fingerprint density at radius 3 is 2.48 bits per heavy atom. The molecule has 0 saturated carbocycles. The van der Waals surface area contributed by atoms with Gasteiger partial charge in [0.15, 0.2) is 22.9 Å². The second-order valence-electron chi connectivity index (χ2n) is 9.24. The summed E-state index contributed by atoms with van der Waals surface area (Å²) in [6.07, 6.45) is 1.76. The molecule has 2 aromatic carbocycles. The van der Waals surface area contributed by atoms with Gasteiger partial charge in [0, 0.05) is 18.1 Å². The van der Waals surface area contributed by atoms with Gasteiger partial charge in [-0.05, 0) is 91.8 Å². The van der Waals surface area contributed by atoms with E-state index in [9.17, 15) is 14.4 Å². The van der Waals surface area contributed by atoms with Gasteiger partial charge in [0.1, 0.15) is 0 Å². The lowest BCUT2D eigenvalue weighted by Gasteiger charge is -2.29. The molecule has 0 spiro atoms. The van der Waals surface area contributed by atoms with Crippen LogP contribution in [0.4, 0.5) is 0 Å². The van der Waals surface area contributed by atoms with Crippen LogP contribution in [0.2, 0.25) is 5.02 Å². The Kier molecular flexibility index (Phi) is 10.5. The van der Waals surface area contributed by atoms with Gasteiger partial charge >= 0.3 is 5.97 Å². The number of likely N-dealkylation sites (N-methyl/N-ethyl adjacent to an activating group) is 1. The first-order chi connectivity index (χ1) is 20.1. The molecule has 1 atom stereocenters. The van der Waals surface area contributed by atoms with Crippen LogP contribution in [0.15, 0.2) is 57.5 Å². The number of aromatic nitrogens is 1. The van der Waals surface area contributed by atoms with Crippen molar-refractivity contribution in [1.29, 1.82) is 0 Å². The van der Waals surface area contributed by atoms with Crippen molar-refractivity contribution in [2.75, 3.05) is 33.4 Å². The summed E-state index contributed by atoms with van der Waals surface area (Å²) in [6, 6.07) is 10.1. The summed E-state index contributed by atoms with van der Waals surface area (Å²) in [5.41, 5.74) is 2.21. The molecule has 1 aliphatic heterocycles. The Morgan fingerprint density at radius 2 is 1.86 bits per heavy atom. The lowest BCUT2D eigenvalue weighted by molar-refractivity contribution is -0.145. The lowest BCUT2D eigenvalue weighted by Crippen LogP contribution is -2.43. The van der Waals surface area contributed by atoms with Crippen molar-refractivity contribution in [1.82, 2.24) is 9.47 Å². The number of halogens is 2. The van der Waals surface area contributed by atoms with Crippen LogP contribution in [0, 0.1) is 3.57 Å². The number of carbonyl (C=O) groups excluding carboxylic acids is 2. The molecule has 222 valence electrons. The van der Waals surface area contributed by atoms with Crippen molar-refractivity contribution in [2.24, 2.45) is 4.99 Å². The third kappa shape index (κ3) is 6.57. The van der Waals surface area contributed by atoms with Crippen LogP contribution < -0.4 is 24.4 Å². The highest BCUT2D eigenvalue weighted by atomic mass is 127. The van der Waals surface area contributed by atoms with E-state index < -0.39 is 12.0 Å². The van der Waals surface area contributed by atoms with E-state index in [4.69, 9.17) is 30.8 Å². The number of benzene rings is 2. The Labute approximate surface area is 266 Å². The minimum Gasteiger partial charge on any atom is -0.493 e. The summed E-state index contributed by atoms with van der Waals surface area (Å²) < 4.78 is 18.9. The lowest BCUT2D eigenvalue weighted by atomic mass is 9.94. The highest BCUT2D eigenvalue weighted by molar-refractivity contribution is 14.1. The maximum Gasteiger partial charge on any atom is 0.344 e. The van der Waals surface area contributed by atoms with Crippen molar-refractivity contribution >= 4 is 63.5 Å². The van der Waals surface area contributed by atoms with Crippen LogP contribution in [0.1, 0.15) is 44.9 Å². The molecule has 42 heavy (non-hydrogen) atoms. The standard InChI is InChI=1S/C30H31ClIN3O6S/c1-6-34(7-2)29(38)25-17(4)33-30-35(26(25)19-9-11-20(31)12-10-19)28(37)23(42-30)15-18-13-21(32)27(22(14-18)39-5)41-16-24(36)40-8-3/h9-15,26H,6-8,16H2,1-5H3/b23-15+/t26-/m1/s1. The van der Waals surface area contributed by atoms with Crippen LogP contribution in [0.25, 0.3) is 6.08 Å². The number of methoxy groups -OCH3 is 1. The molecule has 9 nitrogen and oxygen atoms in total. The van der Waals surface area contributed by atoms with E-state index in [0.29, 0.717) is 59.3 Å². The van der Waals surface area contributed by atoms with Crippen LogP contribution in [-0.2, 0) is 14.3 Å². The van der Waals surface area contributed by atoms with E-state index in [2.05, 4.69) is 22.6 Å². The van der Waals surface area contributed by atoms with Crippen molar-refractivity contribution < 1.29 is 23.8 Å².